The van der Waals surface area contributed by atoms with Crippen LogP contribution >= 0.6 is 0 Å². The van der Waals surface area contributed by atoms with Crippen molar-refractivity contribution in [2.24, 2.45) is 0 Å². The smallest absolute Gasteiger partial charge is 0.185 e. The van der Waals surface area contributed by atoms with Crippen LogP contribution in [-0.4, -0.2) is 6.29 Å². The van der Waals surface area contributed by atoms with Gasteiger partial charge in [0.1, 0.15) is 5.76 Å². The van der Waals surface area contributed by atoms with Crippen LogP contribution in [0.2, 0.25) is 0 Å². The summed E-state index contributed by atoms with van der Waals surface area (Å²) in [5, 5.41) is 0. The summed E-state index contributed by atoms with van der Waals surface area (Å²) in [7, 11) is 0. The van der Waals surface area contributed by atoms with Gasteiger partial charge in [-0.3, -0.25) is 4.79 Å². The molecule has 2 nitrogen and oxygen atoms in total. The molecule has 0 N–H and O–H groups in total. The molecule has 82 valence electrons. The Hall–Kier alpha value is -1.83. The highest BCUT2D eigenvalue weighted by molar-refractivity contribution is 5.74. The summed E-state index contributed by atoms with van der Waals surface area (Å²) in [6.07, 6.45) is 1.51. The predicted octanol–water partition coefficient (Wildman–Crippen LogP) is 3.30. The number of carbonyl (C=O) groups excluding carboxylic acids is 1. The van der Waals surface area contributed by atoms with Crippen LogP contribution in [0.3, 0.4) is 0 Å². The molecule has 1 aromatic carbocycles. The highest BCUT2D eigenvalue weighted by Gasteiger charge is 2.12. The van der Waals surface area contributed by atoms with E-state index in [4.69, 9.17) is 4.42 Å². The Bertz CT molecular complexity index is 495. The molecule has 0 bridgehead atoms. The van der Waals surface area contributed by atoms with E-state index in [1.54, 1.807) is 0 Å². The molecule has 1 heterocycles. The van der Waals surface area contributed by atoms with Crippen molar-refractivity contribution in [3.63, 3.8) is 0 Å². The minimum atomic E-state index is 0.448. The number of carbonyl (C=O) groups is 1. The third-order valence-corrected chi connectivity index (χ3v) is 2.90. The van der Waals surface area contributed by atoms with Gasteiger partial charge >= 0.3 is 0 Å². The summed E-state index contributed by atoms with van der Waals surface area (Å²) >= 11 is 0. The van der Waals surface area contributed by atoms with Crippen molar-refractivity contribution in [2.45, 2.75) is 20.3 Å². The van der Waals surface area contributed by atoms with Crippen LogP contribution in [-0.2, 0) is 6.42 Å². The van der Waals surface area contributed by atoms with E-state index in [0.29, 0.717) is 5.76 Å². The minimum Gasteiger partial charge on any atom is -0.457 e. The maximum absolute atomic E-state index is 10.8. The minimum absolute atomic E-state index is 0.448. The molecule has 1 aromatic heterocycles. The molecule has 0 radical (unpaired) electrons. The van der Waals surface area contributed by atoms with Gasteiger partial charge in [-0.1, -0.05) is 30.3 Å². The summed E-state index contributed by atoms with van der Waals surface area (Å²) in [6.45, 7) is 3.90. The topological polar surface area (TPSA) is 30.2 Å². The SMILES string of the molecule is Cc1c(C=O)oc(Cc2ccccc2)c1C. The van der Waals surface area contributed by atoms with Gasteiger partial charge in [-0.25, -0.2) is 0 Å². The second-order valence-electron chi connectivity index (χ2n) is 3.92. The first-order valence-corrected chi connectivity index (χ1v) is 5.30. The van der Waals surface area contributed by atoms with Crippen molar-refractivity contribution < 1.29 is 9.21 Å². The van der Waals surface area contributed by atoms with Gasteiger partial charge in [-0.05, 0) is 25.0 Å². The molecule has 0 saturated carbocycles. The van der Waals surface area contributed by atoms with E-state index in [9.17, 15) is 4.79 Å². The van der Waals surface area contributed by atoms with Crippen LogP contribution < -0.4 is 0 Å². The summed E-state index contributed by atoms with van der Waals surface area (Å²) in [6, 6.07) is 10.1. The highest BCUT2D eigenvalue weighted by atomic mass is 16.3. The van der Waals surface area contributed by atoms with Crippen LogP contribution in [0, 0.1) is 13.8 Å². The maximum Gasteiger partial charge on any atom is 0.185 e. The number of rotatable bonds is 3. The molecule has 0 atom stereocenters. The summed E-state index contributed by atoms with van der Waals surface area (Å²) in [4.78, 5) is 10.8. The van der Waals surface area contributed by atoms with Gasteiger partial charge in [0.2, 0.25) is 0 Å². The fraction of sp³-hybridized carbons (Fsp3) is 0.214. The second kappa shape index (κ2) is 4.35. The molecular formula is C14H14O2. The molecule has 2 aromatic rings. The number of furan rings is 1. The zero-order chi connectivity index (χ0) is 11.5. The van der Waals surface area contributed by atoms with E-state index >= 15 is 0 Å². The fourth-order valence-electron chi connectivity index (χ4n) is 1.74. The first kappa shape index (κ1) is 10.7. The molecule has 16 heavy (non-hydrogen) atoms. The average molecular weight is 214 g/mol. The fourth-order valence-corrected chi connectivity index (χ4v) is 1.74. The lowest BCUT2D eigenvalue weighted by molar-refractivity contribution is 0.109. The lowest BCUT2D eigenvalue weighted by Crippen LogP contribution is -1.87. The van der Waals surface area contributed by atoms with Crippen molar-refractivity contribution in [2.75, 3.05) is 0 Å². The molecule has 0 fully saturated rings. The lowest BCUT2D eigenvalue weighted by atomic mass is 10.1. The zero-order valence-electron chi connectivity index (χ0n) is 9.49. The van der Waals surface area contributed by atoms with Crippen LogP contribution in [0.15, 0.2) is 34.7 Å². The summed E-state index contributed by atoms with van der Waals surface area (Å²) < 4.78 is 5.53. The van der Waals surface area contributed by atoms with E-state index in [1.165, 1.54) is 5.56 Å². The monoisotopic (exact) mass is 214 g/mol. The van der Waals surface area contributed by atoms with Crippen LogP contribution in [0.1, 0.15) is 33.0 Å². The largest absolute Gasteiger partial charge is 0.457 e. The van der Waals surface area contributed by atoms with Crippen molar-refractivity contribution >= 4 is 6.29 Å². The van der Waals surface area contributed by atoms with Gasteiger partial charge in [0.15, 0.2) is 12.0 Å². The standard InChI is InChI=1S/C14H14O2/c1-10-11(2)14(9-15)16-13(10)8-12-6-4-3-5-7-12/h3-7,9H,8H2,1-2H3. The Balaban J connectivity index is 2.32. The van der Waals surface area contributed by atoms with E-state index in [2.05, 4.69) is 12.1 Å². The molecule has 0 saturated heterocycles. The number of benzene rings is 1. The van der Waals surface area contributed by atoms with Crippen molar-refractivity contribution in [3.05, 3.63) is 58.5 Å². The van der Waals surface area contributed by atoms with Gasteiger partial charge in [-0.2, -0.15) is 0 Å². The van der Waals surface area contributed by atoms with E-state index in [1.807, 2.05) is 32.0 Å². The molecule has 0 amide bonds. The molecule has 2 rings (SSSR count). The number of hydrogen-bond donors (Lipinski definition) is 0. The Morgan fingerprint density at radius 1 is 1.12 bits per heavy atom. The first-order chi connectivity index (χ1) is 7.72. The Morgan fingerprint density at radius 3 is 2.38 bits per heavy atom. The molecule has 2 heteroatoms. The third kappa shape index (κ3) is 1.91. The van der Waals surface area contributed by atoms with Gasteiger partial charge < -0.3 is 4.42 Å². The predicted molar refractivity (Wildman–Crippen MR) is 62.8 cm³/mol. The zero-order valence-corrected chi connectivity index (χ0v) is 9.49. The molecule has 0 spiro atoms. The Morgan fingerprint density at radius 2 is 1.81 bits per heavy atom. The Labute approximate surface area is 94.9 Å². The van der Waals surface area contributed by atoms with Gasteiger partial charge in [0, 0.05) is 12.0 Å². The maximum atomic E-state index is 10.8. The van der Waals surface area contributed by atoms with E-state index < -0.39 is 0 Å². The average Bonchev–Trinajstić information content (AvgIpc) is 2.58. The first-order valence-electron chi connectivity index (χ1n) is 5.30. The van der Waals surface area contributed by atoms with Gasteiger partial charge in [0.05, 0.1) is 0 Å². The highest BCUT2D eigenvalue weighted by Crippen LogP contribution is 2.22. The molecule has 0 unspecified atom stereocenters. The van der Waals surface area contributed by atoms with E-state index in [0.717, 1.165) is 29.6 Å². The molecule has 0 aliphatic carbocycles. The van der Waals surface area contributed by atoms with Crippen molar-refractivity contribution in [1.82, 2.24) is 0 Å². The number of hydrogen-bond acceptors (Lipinski definition) is 2. The van der Waals surface area contributed by atoms with Crippen molar-refractivity contribution in [3.8, 4) is 0 Å². The summed E-state index contributed by atoms with van der Waals surface area (Å²) in [5.41, 5.74) is 3.21. The normalized spacial score (nSPS) is 10.4. The van der Waals surface area contributed by atoms with E-state index in [-0.39, 0.29) is 0 Å². The Kier molecular flexibility index (Phi) is 2.91. The number of aldehydes is 1. The summed E-state index contributed by atoms with van der Waals surface area (Å²) in [5.74, 6) is 1.33. The van der Waals surface area contributed by atoms with Gasteiger partial charge in [-0.15, -0.1) is 0 Å². The third-order valence-electron chi connectivity index (χ3n) is 2.90. The molecule has 0 aliphatic heterocycles. The molecular weight excluding hydrogens is 200 g/mol. The van der Waals surface area contributed by atoms with Crippen LogP contribution in [0.25, 0.3) is 0 Å². The molecule has 0 aliphatic rings. The lowest BCUT2D eigenvalue weighted by Gasteiger charge is -1.99. The van der Waals surface area contributed by atoms with Crippen LogP contribution in [0.5, 0.6) is 0 Å². The quantitative estimate of drug-likeness (QED) is 0.734. The van der Waals surface area contributed by atoms with Crippen LogP contribution in [0.4, 0.5) is 0 Å². The second-order valence-corrected chi connectivity index (χ2v) is 3.92. The van der Waals surface area contributed by atoms with Gasteiger partial charge in [0.25, 0.3) is 0 Å². The van der Waals surface area contributed by atoms with Crippen molar-refractivity contribution in [1.29, 1.82) is 0 Å².